The second-order valence-electron chi connectivity index (χ2n) is 7.42. The maximum absolute atomic E-state index is 12.9. The lowest BCUT2D eigenvalue weighted by Crippen LogP contribution is -2.46. The van der Waals surface area contributed by atoms with Crippen LogP contribution < -0.4 is 9.47 Å². The van der Waals surface area contributed by atoms with Crippen molar-refractivity contribution in [1.29, 1.82) is 0 Å². The summed E-state index contributed by atoms with van der Waals surface area (Å²) in [4.78, 5) is 53.0. The molecule has 2 aromatic carbocycles. The van der Waals surface area contributed by atoms with Crippen LogP contribution >= 0.6 is 11.8 Å². The fourth-order valence-electron chi connectivity index (χ4n) is 3.40. The van der Waals surface area contributed by atoms with Gasteiger partial charge in [-0.05, 0) is 48.2 Å². The maximum Gasteiger partial charge on any atom is 0.343 e. The Labute approximate surface area is 200 Å². The van der Waals surface area contributed by atoms with E-state index in [-0.39, 0.29) is 23.1 Å². The molecule has 3 amide bonds. The van der Waals surface area contributed by atoms with E-state index in [9.17, 15) is 19.2 Å². The van der Waals surface area contributed by atoms with E-state index < -0.39 is 17.1 Å². The first kappa shape index (κ1) is 23.5. The minimum Gasteiger partial charge on any atom is -0.497 e. The minimum atomic E-state index is -0.576. The van der Waals surface area contributed by atoms with E-state index in [0.29, 0.717) is 43.2 Å². The van der Waals surface area contributed by atoms with Crippen LogP contribution in [0.5, 0.6) is 11.5 Å². The molecule has 2 aliphatic rings. The zero-order chi connectivity index (χ0) is 24.1. The summed E-state index contributed by atoms with van der Waals surface area (Å²) in [7, 11) is 1.53. The highest BCUT2D eigenvalue weighted by molar-refractivity contribution is 8.18. The number of ether oxygens (including phenoxy) is 3. The molecule has 0 unspecified atom stereocenters. The molecule has 0 aliphatic carbocycles. The Kier molecular flexibility index (Phi) is 7.29. The second-order valence-corrected chi connectivity index (χ2v) is 8.41. The molecule has 34 heavy (non-hydrogen) atoms. The van der Waals surface area contributed by atoms with Crippen LogP contribution in [0.4, 0.5) is 4.79 Å². The Balaban J connectivity index is 1.48. The first-order valence-electron chi connectivity index (χ1n) is 10.5. The van der Waals surface area contributed by atoms with Crippen LogP contribution in [0.3, 0.4) is 0 Å². The second kappa shape index (κ2) is 10.5. The van der Waals surface area contributed by atoms with Crippen molar-refractivity contribution in [3.05, 3.63) is 64.6 Å². The molecule has 0 atom stereocenters. The van der Waals surface area contributed by atoms with Gasteiger partial charge in [0.15, 0.2) is 0 Å². The van der Waals surface area contributed by atoms with Crippen molar-refractivity contribution >= 4 is 40.9 Å². The lowest BCUT2D eigenvalue weighted by Gasteiger charge is -2.28. The summed E-state index contributed by atoms with van der Waals surface area (Å²) >= 11 is 0.742. The van der Waals surface area contributed by atoms with Gasteiger partial charge in [-0.15, -0.1) is 0 Å². The van der Waals surface area contributed by atoms with Crippen LogP contribution in [0.2, 0.25) is 0 Å². The minimum absolute atomic E-state index is 0.146. The number of hydrogen-bond acceptors (Lipinski definition) is 8. The Bertz CT molecular complexity index is 1140. The maximum atomic E-state index is 12.9. The number of nitrogens with zero attached hydrogens (tertiary/aromatic N) is 2. The monoisotopic (exact) mass is 482 g/mol. The van der Waals surface area contributed by atoms with Gasteiger partial charge in [-0.1, -0.05) is 18.2 Å². The SMILES string of the molecule is COc1ccc(C(=O)Oc2ccccc2/C=C2\SC(=O)N(CC(=O)N3CCOCC3)C2=O)cc1. The van der Waals surface area contributed by atoms with Crippen molar-refractivity contribution in [2.75, 3.05) is 40.0 Å². The molecule has 2 aromatic rings. The topological polar surface area (TPSA) is 102 Å². The molecular formula is C24H22N2O7S. The predicted octanol–water partition coefficient (Wildman–Crippen LogP) is 2.81. The van der Waals surface area contributed by atoms with E-state index in [4.69, 9.17) is 14.2 Å². The predicted molar refractivity (Wildman–Crippen MR) is 124 cm³/mol. The molecule has 10 heteroatoms. The van der Waals surface area contributed by atoms with Crippen LogP contribution in [0, 0.1) is 0 Å². The zero-order valence-electron chi connectivity index (χ0n) is 18.4. The first-order chi connectivity index (χ1) is 16.5. The van der Waals surface area contributed by atoms with Gasteiger partial charge in [0, 0.05) is 18.7 Å². The largest absolute Gasteiger partial charge is 0.497 e. The number of methoxy groups -OCH3 is 1. The Hall–Kier alpha value is -3.63. The van der Waals surface area contributed by atoms with Gasteiger partial charge in [0.05, 0.1) is 30.8 Å². The molecule has 2 saturated heterocycles. The summed E-state index contributed by atoms with van der Waals surface area (Å²) in [6, 6.07) is 13.2. The summed E-state index contributed by atoms with van der Waals surface area (Å²) in [5.41, 5.74) is 0.784. The molecule has 9 nitrogen and oxygen atoms in total. The van der Waals surface area contributed by atoms with E-state index in [0.717, 1.165) is 16.7 Å². The fourth-order valence-corrected chi connectivity index (χ4v) is 4.23. The number of imide groups is 1. The Morgan fingerprint density at radius 3 is 2.47 bits per heavy atom. The van der Waals surface area contributed by atoms with Gasteiger partial charge in [0.2, 0.25) is 5.91 Å². The summed E-state index contributed by atoms with van der Waals surface area (Å²) in [5.74, 6) is -0.597. The van der Waals surface area contributed by atoms with E-state index >= 15 is 0 Å². The van der Waals surface area contributed by atoms with Crippen LogP contribution in [-0.2, 0) is 14.3 Å². The number of esters is 1. The van der Waals surface area contributed by atoms with E-state index in [1.54, 1.807) is 53.4 Å². The van der Waals surface area contributed by atoms with Gasteiger partial charge < -0.3 is 19.1 Å². The molecule has 4 rings (SSSR count). The third kappa shape index (κ3) is 5.29. The van der Waals surface area contributed by atoms with Crippen LogP contribution in [-0.4, -0.2) is 72.8 Å². The molecule has 2 fully saturated rings. The number of hydrogen-bond donors (Lipinski definition) is 0. The van der Waals surface area contributed by atoms with Crippen molar-refractivity contribution in [3.63, 3.8) is 0 Å². The highest BCUT2D eigenvalue weighted by Gasteiger charge is 2.37. The molecule has 0 spiro atoms. The van der Waals surface area contributed by atoms with Gasteiger partial charge in [-0.25, -0.2) is 4.79 Å². The summed E-state index contributed by atoms with van der Waals surface area (Å²) in [5, 5.41) is -0.523. The molecule has 0 N–H and O–H groups in total. The van der Waals surface area contributed by atoms with Gasteiger partial charge in [-0.2, -0.15) is 0 Å². The number of carbonyl (C=O) groups excluding carboxylic acids is 4. The number of morpholine rings is 1. The third-order valence-electron chi connectivity index (χ3n) is 5.26. The number of thioether (sulfide) groups is 1. The van der Waals surface area contributed by atoms with Gasteiger partial charge >= 0.3 is 5.97 Å². The molecule has 0 radical (unpaired) electrons. The van der Waals surface area contributed by atoms with E-state index in [2.05, 4.69) is 0 Å². The van der Waals surface area contributed by atoms with Crippen molar-refractivity contribution < 1.29 is 33.4 Å². The first-order valence-corrected chi connectivity index (χ1v) is 11.3. The molecule has 0 bridgehead atoms. The number of para-hydroxylation sites is 1. The summed E-state index contributed by atoms with van der Waals surface area (Å²) < 4.78 is 15.9. The van der Waals surface area contributed by atoms with E-state index in [1.807, 2.05) is 0 Å². The van der Waals surface area contributed by atoms with Gasteiger partial charge in [0.1, 0.15) is 18.0 Å². The lowest BCUT2D eigenvalue weighted by molar-refractivity contribution is -0.139. The Morgan fingerprint density at radius 1 is 1.06 bits per heavy atom. The van der Waals surface area contributed by atoms with Crippen LogP contribution in [0.15, 0.2) is 53.4 Å². The third-order valence-corrected chi connectivity index (χ3v) is 6.17. The standard InChI is InChI=1S/C24H22N2O7S/c1-31-18-8-6-16(7-9-18)23(29)33-19-5-3-2-4-17(19)14-20-22(28)26(24(30)34-20)15-21(27)25-10-12-32-13-11-25/h2-9,14H,10-13,15H2,1H3/b20-14-. The normalized spacial score (nSPS) is 17.3. The van der Waals surface area contributed by atoms with E-state index in [1.165, 1.54) is 13.2 Å². The van der Waals surface area contributed by atoms with Crippen molar-refractivity contribution in [3.8, 4) is 11.5 Å². The zero-order valence-corrected chi connectivity index (χ0v) is 19.2. The number of amides is 3. The molecule has 0 saturated carbocycles. The fraction of sp³-hybridized carbons (Fsp3) is 0.250. The quantitative estimate of drug-likeness (QED) is 0.352. The van der Waals surface area contributed by atoms with Gasteiger partial charge in [0.25, 0.3) is 11.1 Å². The average Bonchev–Trinajstić information content (AvgIpc) is 3.13. The smallest absolute Gasteiger partial charge is 0.343 e. The van der Waals surface area contributed by atoms with Gasteiger partial charge in [-0.3, -0.25) is 19.3 Å². The van der Waals surface area contributed by atoms with Crippen LogP contribution in [0.1, 0.15) is 15.9 Å². The number of carbonyl (C=O) groups is 4. The lowest BCUT2D eigenvalue weighted by atomic mass is 10.1. The van der Waals surface area contributed by atoms with Crippen molar-refractivity contribution in [2.24, 2.45) is 0 Å². The molecule has 2 aliphatic heterocycles. The molecule has 0 aromatic heterocycles. The molecule has 176 valence electrons. The highest BCUT2D eigenvalue weighted by atomic mass is 32.2. The van der Waals surface area contributed by atoms with Crippen LogP contribution in [0.25, 0.3) is 6.08 Å². The van der Waals surface area contributed by atoms with Crippen molar-refractivity contribution in [2.45, 2.75) is 0 Å². The Morgan fingerprint density at radius 2 is 1.76 bits per heavy atom. The summed E-state index contributed by atoms with van der Waals surface area (Å²) in [6.45, 7) is 1.39. The number of benzene rings is 2. The summed E-state index contributed by atoms with van der Waals surface area (Å²) in [6.07, 6.45) is 1.49. The molecular weight excluding hydrogens is 460 g/mol. The van der Waals surface area contributed by atoms with Crippen molar-refractivity contribution in [1.82, 2.24) is 9.80 Å². The number of rotatable bonds is 6. The highest BCUT2D eigenvalue weighted by Crippen LogP contribution is 2.34. The average molecular weight is 483 g/mol. The molecule has 2 heterocycles.